The maximum Gasteiger partial charge on any atom is 0.310 e. The van der Waals surface area contributed by atoms with E-state index in [9.17, 15) is 4.79 Å². The third-order valence-electron chi connectivity index (χ3n) is 1.81. The normalized spacial score (nSPS) is 27.7. The molecule has 1 unspecified atom stereocenters. The average molecular weight is 152 g/mol. The van der Waals surface area contributed by atoms with Crippen molar-refractivity contribution in [1.29, 1.82) is 0 Å². The largest absolute Gasteiger partial charge is 0.459 e. The highest BCUT2D eigenvalue weighted by molar-refractivity contribution is 5.75. The number of cyclic esters (lactones) is 1. The molecule has 0 bridgehead atoms. The van der Waals surface area contributed by atoms with Crippen LogP contribution in [0, 0.1) is 18.3 Å². The Balaban J connectivity index is 2.61. The standard InChI is InChI=1S/C9H12O2/c1-4-5-7-6-9(2,3)11-8(7)10/h1,7H,5-6H2,2-3H3. The van der Waals surface area contributed by atoms with E-state index in [1.807, 2.05) is 13.8 Å². The van der Waals surface area contributed by atoms with Gasteiger partial charge in [0.25, 0.3) is 0 Å². The van der Waals surface area contributed by atoms with Gasteiger partial charge in [0.2, 0.25) is 0 Å². The Hall–Kier alpha value is -0.970. The number of rotatable bonds is 1. The summed E-state index contributed by atoms with van der Waals surface area (Å²) in [7, 11) is 0. The van der Waals surface area contributed by atoms with Crippen LogP contribution in [0.3, 0.4) is 0 Å². The van der Waals surface area contributed by atoms with E-state index in [-0.39, 0.29) is 17.5 Å². The predicted molar refractivity (Wildman–Crippen MR) is 41.7 cm³/mol. The van der Waals surface area contributed by atoms with Crippen LogP contribution in [0.2, 0.25) is 0 Å². The van der Waals surface area contributed by atoms with Crippen molar-refractivity contribution in [2.75, 3.05) is 0 Å². The van der Waals surface area contributed by atoms with Crippen LogP contribution in [-0.4, -0.2) is 11.6 Å². The van der Waals surface area contributed by atoms with Crippen molar-refractivity contribution in [3.63, 3.8) is 0 Å². The Morgan fingerprint density at radius 2 is 2.45 bits per heavy atom. The van der Waals surface area contributed by atoms with E-state index < -0.39 is 0 Å². The summed E-state index contributed by atoms with van der Waals surface area (Å²) in [6, 6.07) is 0. The molecule has 0 saturated carbocycles. The zero-order chi connectivity index (χ0) is 8.48. The molecule has 60 valence electrons. The van der Waals surface area contributed by atoms with Crippen LogP contribution in [0.5, 0.6) is 0 Å². The summed E-state index contributed by atoms with van der Waals surface area (Å²) in [5, 5.41) is 0. The minimum absolute atomic E-state index is 0.0741. The highest BCUT2D eigenvalue weighted by atomic mass is 16.6. The average Bonchev–Trinajstić information content (AvgIpc) is 2.07. The molecule has 0 radical (unpaired) electrons. The number of terminal acetylenes is 1. The van der Waals surface area contributed by atoms with Crippen molar-refractivity contribution in [3.8, 4) is 12.3 Å². The van der Waals surface area contributed by atoms with Crippen LogP contribution in [0.15, 0.2) is 0 Å². The van der Waals surface area contributed by atoms with Crippen molar-refractivity contribution in [2.24, 2.45) is 5.92 Å². The lowest BCUT2D eigenvalue weighted by molar-refractivity contribution is -0.148. The summed E-state index contributed by atoms with van der Waals surface area (Å²) in [6.07, 6.45) is 6.35. The van der Waals surface area contributed by atoms with Gasteiger partial charge in [-0.3, -0.25) is 4.79 Å². The number of hydrogen-bond donors (Lipinski definition) is 0. The monoisotopic (exact) mass is 152 g/mol. The lowest BCUT2D eigenvalue weighted by Crippen LogP contribution is -2.17. The van der Waals surface area contributed by atoms with Crippen LogP contribution in [0.25, 0.3) is 0 Å². The molecule has 0 aromatic heterocycles. The van der Waals surface area contributed by atoms with Gasteiger partial charge in [-0.1, -0.05) is 0 Å². The van der Waals surface area contributed by atoms with Gasteiger partial charge in [0.05, 0.1) is 5.92 Å². The van der Waals surface area contributed by atoms with Gasteiger partial charge in [0.15, 0.2) is 0 Å². The van der Waals surface area contributed by atoms with E-state index in [1.165, 1.54) is 0 Å². The summed E-state index contributed by atoms with van der Waals surface area (Å²) in [6.45, 7) is 3.81. The van der Waals surface area contributed by atoms with Crippen LogP contribution in [0.1, 0.15) is 26.7 Å². The molecule has 2 nitrogen and oxygen atoms in total. The molecule has 2 heteroatoms. The van der Waals surface area contributed by atoms with Crippen LogP contribution in [-0.2, 0) is 9.53 Å². The maximum absolute atomic E-state index is 11.1. The molecule has 1 rings (SSSR count). The fraction of sp³-hybridized carbons (Fsp3) is 0.667. The van der Waals surface area contributed by atoms with E-state index in [0.717, 1.165) is 6.42 Å². The Kier molecular flexibility index (Phi) is 1.90. The first-order chi connectivity index (χ1) is 5.05. The van der Waals surface area contributed by atoms with Gasteiger partial charge >= 0.3 is 5.97 Å². The molecule has 1 aliphatic heterocycles. The maximum atomic E-state index is 11.1. The molecule has 0 aromatic carbocycles. The quantitative estimate of drug-likeness (QED) is 0.419. The van der Waals surface area contributed by atoms with E-state index in [2.05, 4.69) is 5.92 Å². The van der Waals surface area contributed by atoms with E-state index >= 15 is 0 Å². The molecule has 1 atom stereocenters. The zero-order valence-corrected chi connectivity index (χ0v) is 6.89. The van der Waals surface area contributed by atoms with Crippen molar-refractivity contribution in [3.05, 3.63) is 0 Å². The number of esters is 1. The third-order valence-corrected chi connectivity index (χ3v) is 1.81. The lowest BCUT2D eigenvalue weighted by Gasteiger charge is -2.14. The molecule has 0 amide bonds. The Morgan fingerprint density at radius 1 is 1.82 bits per heavy atom. The second-order valence-electron chi connectivity index (χ2n) is 3.49. The molecule has 11 heavy (non-hydrogen) atoms. The molecule has 1 aliphatic rings. The van der Waals surface area contributed by atoms with E-state index in [4.69, 9.17) is 11.2 Å². The second-order valence-corrected chi connectivity index (χ2v) is 3.49. The summed E-state index contributed by atoms with van der Waals surface area (Å²) in [5.41, 5.74) is -0.307. The molecule has 0 aliphatic carbocycles. The molecule has 0 aromatic rings. The highest BCUT2D eigenvalue weighted by Gasteiger charge is 2.39. The smallest absolute Gasteiger partial charge is 0.310 e. The van der Waals surface area contributed by atoms with Crippen LogP contribution in [0.4, 0.5) is 0 Å². The predicted octanol–water partition coefficient (Wildman–Crippen LogP) is 1.35. The summed E-state index contributed by atoms with van der Waals surface area (Å²) < 4.78 is 5.08. The van der Waals surface area contributed by atoms with Gasteiger partial charge in [-0.2, -0.15) is 0 Å². The first-order valence-electron chi connectivity index (χ1n) is 3.71. The summed E-state index contributed by atoms with van der Waals surface area (Å²) in [4.78, 5) is 11.1. The topological polar surface area (TPSA) is 26.3 Å². The molecular weight excluding hydrogens is 140 g/mol. The van der Waals surface area contributed by atoms with Crippen LogP contribution >= 0.6 is 0 Å². The first kappa shape index (κ1) is 8.13. The van der Waals surface area contributed by atoms with Gasteiger partial charge in [-0.15, -0.1) is 12.3 Å². The van der Waals surface area contributed by atoms with Crippen molar-refractivity contribution < 1.29 is 9.53 Å². The van der Waals surface area contributed by atoms with Crippen molar-refractivity contribution in [2.45, 2.75) is 32.3 Å². The first-order valence-corrected chi connectivity index (χ1v) is 3.71. The molecule has 1 heterocycles. The lowest BCUT2D eigenvalue weighted by atomic mass is 9.95. The molecule has 1 saturated heterocycles. The van der Waals surface area contributed by atoms with Crippen molar-refractivity contribution >= 4 is 5.97 Å². The number of ether oxygens (including phenoxy) is 1. The zero-order valence-electron chi connectivity index (χ0n) is 6.89. The second kappa shape index (κ2) is 2.58. The Labute approximate surface area is 66.9 Å². The number of carbonyl (C=O) groups excluding carboxylic acids is 1. The Morgan fingerprint density at radius 3 is 2.82 bits per heavy atom. The van der Waals surface area contributed by atoms with Gasteiger partial charge in [0.1, 0.15) is 5.60 Å². The fourth-order valence-corrected chi connectivity index (χ4v) is 1.37. The highest BCUT2D eigenvalue weighted by Crippen LogP contribution is 2.31. The van der Waals surface area contributed by atoms with Crippen molar-refractivity contribution in [1.82, 2.24) is 0 Å². The van der Waals surface area contributed by atoms with Gasteiger partial charge < -0.3 is 4.74 Å². The SMILES string of the molecule is C#CCC1CC(C)(C)OC1=O. The number of hydrogen-bond acceptors (Lipinski definition) is 2. The minimum Gasteiger partial charge on any atom is -0.459 e. The Bertz CT molecular complexity index is 210. The summed E-state index contributed by atoms with van der Waals surface area (Å²) in [5.74, 6) is 2.26. The molecular formula is C9H12O2. The molecule has 0 N–H and O–H groups in total. The third kappa shape index (κ3) is 1.74. The van der Waals surface area contributed by atoms with Gasteiger partial charge in [-0.05, 0) is 13.8 Å². The van der Waals surface area contributed by atoms with Gasteiger partial charge in [0, 0.05) is 12.8 Å². The van der Waals surface area contributed by atoms with E-state index in [1.54, 1.807) is 0 Å². The fourth-order valence-electron chi connectivity index (χ4n) is 1.37. The van der Waals surface area contributed by atoms with E-state index in [0.29, 0.717) is 6.42 Å². The molecule has 0 spiro atoms. The van der Waals surface area contributed by atoms with Gasteiger partial charge in [-0.25, -0.2) is 0 Å². The van der Waals surface area contributed by atoms with Crippen LogP contribution < -0.4 is 0 Å². The minimum atomic E-state index is -0.307. The summed E-state index contributed by atoms with van der Waals surface area (Å²) >= 11 is 0. The number of carbonyl (C=O) groups is 1. The molecule has 1 fully saturated rings.